The minimum absolute atomic E-state index is 0.168. The molecule has 0 saturated carbocycles. The molecule has 0 atom stereocenters. The van der Waals surface area contributed by atoms with Gasteiger partial charge in [0.1, 0.15) is 0 Å². The maximum atomic E-state index is 11.9. The summed E-state index contributed by atoms with van der Waals surface area (Å²) in [5, 5.41) is 1.01. The van der Waals surface area contributed by atoms with Crippen molar-refractivity contribution in [2.45, 2.75) is 32.6 Å². The normalized spacial score (nSPS) is 14.6. The quantitative estimate of drug-likeness (QED) is 0.697. The lowest BCUT2D eigenvalue weighted by atomic mass is 9.88. The lowest BCUT2D eigenvalue weighted by molar-refractivity contribution is 0.101. The number of rotatable bonds is 1. The molecule has 1 aliphatic carbocycles. The number of benzene rings is 1. The zero-order chi connectivity index (χ0) is 11.8. The van der Waals surface area contributed by atoms with E-state index in [9.17, 15) is 4.79 Å². The van der Waals surface area contributed by atoms with Gasteiger partial charge in [0.25, 0.3) is 0 Å². The highest BCUT2D eigenvalue weighted by Crippen LogP contribution is 2.29. The van der Waals surface area contributed by atoms with Gasteiger partial charge in [0, 0.05) is 16.6 Å². The third kappa shape index (κ3) is 1.64. The average Bonchev–Trinajstić information content (AvgIpc) is 2.35. The Kier molecular flexibility index (Phi) is 2.43. The number of fused-ring (bicyclic) bond motifs is 2. The summed E-state index contributed by atoms with van der Waals surface area (Å²) < 4.78 is 0. The Morgan fingerprint density at radius 1 is 1.18 bits per heavy atom. The summed E-state index contributed by atoms with van der Waals surface area (Å²) in [6.45, 7) is 1.66. The Bertz CT molecular complexity index is 601. The van der Waals surface area contributed by atoms with Crippen LogP contribution in [0, 0.1) is 0 Å². The number of nitrogens with zero attached hydrogens (tertiary/aromatic N) is 1. The third-order valence-electron chi connectivity index (χ3n) is 3.52. The lowest BCUT2D eigenvalue weighted by Crippen LogP contribution is -2.12. The van der Waals surface area contributed by atoms with Crippen molar-refractivity contribution in [2.24, 2.45) is 0 Å². The zero-order valence-electron chi connectivity index (χ0n) is 9.99. The molecular weight excluding hydrogens is 210 g/mol. The summed E-state index contributed by atoms with van der Waals surface area (Å²) in [6, 6.07) is 7.96. The SMILES string of the molecule is CC(=O)c1c2c(nc3ccccc13)CCCC2. The summed E-state index contributed by atoms with van der Waals surface area (Å²) in [5.74, 6) is 0.168. The zero-order valence-corrected chi connectivity index (χ0v) is 9.99. The first-order valence-corrected chi connectivity index (χ1v) is 6.19. The van der Waals surface area contributed by atoms with Gasteiger partial charge < -0.3 is 0 Å². The van der Waals surface area contributed by atoms with Gasteiger partial charge in [-0.05, 0) is 44.2 Å². The molecule has 0 fully saturated rings. The molecule has 1 aliphatic rings. The number of hydrogen-bond donors (Lipinski definition) is 0. The van der Waals surface area contributed by atoms with Crippen LogP contribution in [0.1, 0.15) is 41.4 Å². The Hall–Kier alpha value is -1.70. The number of Topliss-reactive ketones (excluding diaryl/α,β-unsaturated/α-hetero) is 1. The second-order valence-electron chi connectivity index (χ2n) is 4.69. The van der Waals surface area contributed by atoms with Crippen molar-refractivity contribution in [3.8, 4) is 0 Å². The van der Waals surface area contributed by atoms with Crippen LogP contribution in [0.3, 0.4) is 0 Å². The van der Waals surface area contributed by atoms with Gasteiger partial charge in [-0.3, -0.25) is 9.78 Å². The minimum Gasteiger partial charge on any atom is -0.294 e. The number of aryl methyl sites for hydroxylation is 1. The maximum absolute atomic E-state index is 11.9. The molecule has 0 N–H and O–H groups in total. The van der Waals surface area contributed by atoms with Crippen LogP contribution >= 0.6 is 0 Å². The van der Waals surface area contributed by atoms with Crippen LogP contribution < -0.4 is 0 Å². The summed E-state index contributed by atoms with van der Waals surface area (Å²) in [6.07, 6.45) is 4.38. The summed E-state index contributed by atoms with van der Waals surface area (Å²) >= 11 is 0. The number of carbonyl (C=O) groups is 1. The predicted molar refractivity (Wildman–Crippen MR) is 68.4 cm³/mol. The van der Waals surface area contributed by atoms with Gasteiger partial charge in [-0.25, -0.2) is 0 Å². The van der Waals surface area contributed by atoms with Crippen LogP contribution in [0.25, 0.3) is 10.9 Å². The first-order valence-electron chi connectivity index (χ1n) is 6.19. The molecule has 2 heteroatoms. The number of para-hydroxylation sites is 1. The van der Waals surface area contributed by atoms with Gasteiger partial charge in [-0.15, -0.1) is 0 Å². The lowest BCUT2D eigenvalue weighted by Gasteiger charge is -2.19. The molecule has 1 aromatic heterocycles. The molecule has 2 nitrogen and oxygen atoms in total. The molecule has 86 valence electrons. The molecular formula is C15H15NO. The van der Waals surface area contributed by atoms with Crippen molar-refractivity contribution in [1.82, 2.24) is 4.98 Å². The smallest absolute Gasteiger partial charge is 0.160 e. The van der Waals surface area contributed by atoms with Crippen LogP contribution in [0.4, 0.5) is 0 Å². The van der Waals surface area contributed by atoms with Crippen molar-refractivity contribution < 1.29 is 4.79 Å². The van der Waals surface area contributed by atoms with E-state index >= 15 is 0 Å². The maximum Gasteiger partial charge on any atom is 0.160 e. The van der Waals surface area contributed by atoms with E-state index in [2.05, 4.69) is 0 Å². The van der Waals surface area contributed by atoms with E-state index in [-0.39, 0.29) is 5.78 Å². The fourth-order valence-corrected chi connectivity index (χ4v) is 2.77. The second kappa shape index (κ2) is 3.95. The Balaban J connectivity index is 2.40. The van der Waals surface area contributed by atoms with Gasteiger partial charge in [-0.1, -0.05) is 18.2 Å². The molecule has 0 unspecified atom stereocenters. The third-order valence-corrected chi connectivity index (χ3v) is 3.52. The van der Waals surface area contributed by atoms with Crippen LogP contribution in [0.2, 0.25) is 0 Å². The highest BCUT2D eigenvalue weighted by molar-refractivity contribution is 6.07. The van der Waals surface area contributed by atoms with Gasteiger partial charge >= 0.3 is 0 Å². The van der Waals surface area contributed by atoms with Crippen molar-refractivity contribution in [1.29, 1.82) is 0 Å². The number of hydrogen-bond acceptors (Lipinski definition) is 2. The minimum atomic E-state index is 0.168. The van der Waals surface area contributed by atoms with Crippen LogP contribution in [0.15, 0.2) is 24.3 Å². The van der Waals surface area contributed by atoms with Gasteiger partial charge in [0.2, 0.25) is 0 Å². The van der Waals surface area contributed by atoms with E-state index in [0.29, 0.717) is 0 Å². The van der Waals surface area contributed by atoms with Gasteiger partial charge in [0.05, 0.1) is 5.52 Å². The topological polar surface area (TPSA) is 30.0 Å². The molecule has 0 radical (unpaired) electrons. The highest BCUT2D eigenvalue weighted by Gasteiger charge is 2.19. The second-order valence-corrected chi connectivity index (χ2v) is 4.69. The Morgan fingerprint density at radius 2 is 1.94 bits per heavy atom. The van der Waals surface area contributed by atoms with Gasteiger partial charge in [0.15, 0.2) is 5.78 Å². The van der Waals surface area contributed by atoms with Crippen LogP contribution in [-0.2, 0) is 12.8 Å². The summed E-state index contributed by atoms with van der Waals surface area (Å²) in [4.78, 5) is 16.6. The van der Waals surface area contributed by atoms with Crippen LogP contribution in [0.5, 0.6) is 0 Å². The molecule has 0 saturated heterocycles. The molecule has 17 heavy (non-hydrogen) atoms. The number of ketones is 1. The standard InChI is InChI=1S/C15H15NO/c1-10(17)15-11-6-2-4-8-13(11)16-14-9-5-3-7-12(14)15/h2,4,6,8H,3,5,7,9H2,1H3. The molecule has 1 heterocycles. The van der Waals surface area contributed by atoms with Crippen LogP contribution in [-0.4, -0.2) is 10.8 Å². The molecule has 0 amide bonds. The van der Waals surface area contributed by atoms with E-state index in [1.165, 1.54) is 18.4 Å². The van der Waals surface area contributed by atoms with E-state index in [1.54, 1.807) is 6.92 Å². The van der Waals surface area contributed by atoms with Crippen molar-refractivity contribution >= 4 is 16.7 Å². The fraction of sp³-hybridized carbons (Fsp3) is 0.333. The molecule has 3 rings (SSSR count). The molecule has 2 aromatic rings. The van der Waals surface area contributed by atoms with Crippen molar-refractivity contribution in [2.75, 3.05) is 0 Å². The number of aromatic nitrogens is 1. The summed E-state index contributed by atoms with van der Waals surface area (Å²) in [7, 11) is 0. The first kappa shape index (κ1) is 10.5. The number of pyridine rings is 1. The summed E-state index contributed by atoms with van der Waals surface area (Å²) in [5.41, 5.74) is 4.20. The molecule has 0 aliphatic heterocycles. The Labute approximate surface area is 101 Å². The monoisotopic (exact) mass is 225 g/mol. The van der Waals surface area contributed by atoms with E-state index in [4.69, 9.17) is 4.98 Å². The van der Waals surface area contributed by atoms with E-state index < -0.39 is 0 Å². The Morgan fingerprint density at radius 3 is 2.76 bits per heavy atom. The average molecular weight is 225 g/mol. The highest BCUT2D eigenvalue weighted by atomic mass is 16.1. The molecule has 0 bridgehead atoms. The van der Waals surface area contributed by atoms with Crippen molar-refractivity contribution in [3.05, 3.63) is 41.1 Å². The van der Waals surface area contributed by atoms with E-state index in [1.807, 2.05) is 24.3 Å². The molecule has 0 spiro atoms. The molecule has 1 aromatic carbocycles. The number of carbonyl (C=O) groups excluding carboxylic acids is 1. The predicted octanol–water partition coefficient (Wildman–Crippen LogP) is 3.32. The van der Waals surface area contributed by atoms with Gasteiger partial charge in [-0.2, -0.15) is 0 Å². The largest absolute Gasteiger partial charge is 0.294 e. The first-order chi connectivity index (χ1) is 8.27. The van der Waals surface area contributed by atoms with E-state index in [0.717, 1.165) is 35.0 Å². The van der Waals surface area contributed by atoms with Crippen molar-refractivity contribution in [3.63, 3.8) is 0 Å². The fourth-order valence-electron chi connectivity index (χ4n) is 2.77.